The third-order valence-corrected chi connectivity index (χ3v) is 3.47. The molecule has 0 unspecified atom stereocenters. The van der Waals surface area contributed by atoms with Crippen LogP contribution >= 0.6 is 0 Å². The van der Waals surface area contributed by atoms with Crippen LogP contribution in [0.4, 0.5) is 23.0 Å². The van der Waals surface area contributed by atoms with E-state index in [-0.39, 0.29) is 17.4 Å². The van der Waals surface area contributed by atoms with Crippen molar-refractivity contribution >= 4 is 28.9 Å². The molecular weight excluding hydrogens is 368 g/mol. The van der Waals surface area contributed by atoms with E-state index in [9.17, 15) is 14.9 Å². The van der Waals surface area contributed by atoms with Gasteiger partial charge in [0.05, 0.1) is 17.8 Å². The number of hydrogen-bond donors (Lipinski definition) is 3. The molecule has 0 spiro atoms. The van der Waals surface area contributed by atoms with Gasteiger partial charge in [0.25, 0.3) is 0 Å². The molecule has 0 saturated carbocycles. The Bertz CT molecular complexity index is 959. The summed E-state index contributed by atoms with van der Waals surface area (Å²) < 4.78 is 10.3. The largest absolute Gasteiger partial charge is 0.494 e. The van der Waals surface area contributed by atoms with E-state index in [1.54, 1.807) is 30.3 Å². The number of hydrogen-bond acceptors (Lipinski definition) is 9. The summed E-state index contributed by atoms with van der Waals surface area (Å²) in [6.45, 7) is 2.40. The van der Waals surface area contributed by atoms with Gasteiger partial charge in [0.15, 0.2) is 5.76 Å². The van der Waals surface area contributed by atoms with Gasteiger partial charge in [-0.15, -0.1) is 0 Å². The van der Waals surface area contributed by atoms with Crippen LogP contribution in [0.25, 0.3) is 0 Å². The molecule has 3 aromatic rings. The van der Waals surface area contributed by atoms with Crippen molar-refractivity contribution < 1.29 is 18.9 Å². The van der Waals surface area contributed by atoms with Gasteiger partial charge in [0.1, 0.15) is 12.1 Å². The molecule has 1 aromatic carbocycles. The Morgan fingerprint density at radius 1 is 1.21 bits per heavy atom. The van der Waals surface area contributed by atoms with Gasteiger partial charge < -0.3 is 14.5 Å². The molecule has 0 atom stereocenters. The molecule has 0 aliphatic carbocycles. The number of aromatic nitrogens is 2. The summed E-state index contributed by atoms with van der Waals surface area (Å²) in [7, 11) is 0. The second-order valence-electron chi connectivity index (χ2n) is 5.32. The fourth-order valence-corrected chi connectivity index (χ4v) is 2.26. The van der Waals surface area contributed by atoms with E-state index in [2.05, 4.69) is 26.1 Å². The van der Waals surface area contributed by atoms with E-state index in [4.69, 9.17) is 9.15 Å². The SMILES string of the molecule is CCOc1ccc(Nc2ncnc(NNC(=O)c3ccco3)c2[N+](=O)[O-])cc1. The number of carbonyl (C=O) groups is 1. The summed E-state index contributed by atoms with van der Waals surface area (Å²) in [5, 5.41) is 14.4. The minimum Gasteiger partial charge on any atom is -0.494 e. The van der Waals surface area contributed by atoms with Crippen molar-refractivity contribution in [2.45, 2.75) is 6.92 Å². The van der Waals surface area contributed by atoms with Crippen LogP contribution in [-0.4, -0.2) is 27.4 Å². The van der Waals surface area contributed by atoms with Crippen LogP contribution in [0.5, 0.6) is 5.75 Å². The van der Waals surface area contributed by atoms with Crippen LogP contribution in [0.15, 0.2) is 53.4 Å². The molecule has 11 nitrogen and oxygen atoms in total. The number of ether oxygens (including phenoxy) is 1. The van der Waals surface area contributed by atoms with E-state index in [1.165, 1.54) is 12.3 Å². The van der Waals surface area contributed by atoms with Gasteiger partial charge in [-0.1, -0.05) is 0 Å². The highest BCUT2D eigenvalue weighted by Gasteiger charge is 2.24. The molecule has 0 bridgehead atoms. The molecule has 0 radical (unpaired) electrons. The Morgan fingerprint density at radius 2 is 1.96 bits per heavy atom. The molecule has 1 amide bonds. The fraction of sp³-hybridized carbons (Fsp3) is 0.118. The number of carbonyl (C=O) groups excluding carboxylic acids is 1. The highest BCUT2D eigenvalue weighted by Crippen LogP contribution is 2.31. The number of anilines is 3. The molecule has 2 aromatic heterocycles. The zero-order chi connectivity index (χ0) is 19.9. The van der Waals surface area contributed by atoms with Gasteiger partial charge in [0.2, 0.25) is 11.6 Å². The third kappa shape index (κ3) is 4.33. The average molecular weight is 384 g/mol. The second-order valence-corrected chi connectivity index (χ2v) is 5.32. The second kappa shape index (κ2) is 8.49. The summed E-state index contributed by atoms with van der Waals surface area (Å²) in [5.41, 5.74) is 4.84. The average Bonchev–Trinajstić information content (AvgIpc) is 3.22. The minimum absolute atomic E-state index is 0.0388. The maximum absolute atomic E-state index is 11.9. The van der Waals surface area contributed by atoms with Crippen molar-refractivity contribution in [3.05, 3.63) is 64.9 Å². The number of amides is 1. The molecular formula is C17H16N6O5. The number of nitrogens with zero attached hydrogens (tertiary/aromatic N) is 3. The molecule has 28 heavy (non-hydrogen) atoms. The lowest BCUT2D eigenvalue weighted by atomic mass is 10.3. The van der Waals surface area contributed by atoms with Gasteiger partial charge in [0, 0.05) is 5.69 Å². The number of nitro groups is 1. The molecule has 3 rings (SSSR count). The van der Waals surface area contributed by atoms with Crippen LogP contribution in [0, 0.1) is 10.1 Å². The lowest BCUT2D eigenvalue weighted by Gasteiger charge is -2.11. The first kappa shape index (κ1) is 18.6. The van der Waals surface area contributed by atoms with E-state index in [1.807, 2.05) is 6.92 Å². The van der Waals surface area contributed by atoms with Crippen LogP contribution in [-0.2, 0) is 0 Å². The van der Waals surface area contributed by atoms with Crippen molar-refractivity contribution in [3.63, 3.8) is 0 Å². The molecule has 0 aliphatic heterocycles. The van der Waals surface area contributed by atoms with E-state index >= 15 is 0 Å². The molecule has 2 heterocycles. The number of furan rings is 1. The summed E-state index contributed by atoms with van der Waals surface area (Å²) >= 11 is 0. The monoisotopic (exact) mass is 384 g/mol. The van der Waals surface area contributed by atoms with Crippen LogP contribution in [0.2, 0.25) is 0 Å². The van der Waals surface area contributed by atoms with E-state index < -0.39 is 16.5 Å². The zero-order valence-corrected chi connectivity index (χ0v) is 14.7. The molecule has 11 heteroatoms. The summed E-state index contributed by atoms with van der Waals surface area (Å²) in [5.74, 6) is -0.128. The molecule has 0 fully saturated rings. The maximum Gasteiger partial charge on any atom is 0.355 e. The minimum atomic E-state index is -0.654. The Balaban J connectivity index is 1.79. The Hall–Kier alpha value is -4.15. The van der Waals surface area contributed by atoms with Gasteiger partial charge in [-0.05, 0) is 43.3 Å². The first-order chi connectivity index (χ1) is 13.6. The van der Waals surface area contributed by atoms with Gasteiger partial charge in [-0.3, -0.25) is 25.8 Å². The normalized spacial score (nSPS) is 10.2. The van der Waals surface area contributed by atoms with Crippen LogP contribution in [0.1, 0.15) is 17.5 Å². The van der Waals surface area contributed by atoms with Crippen molar-refractivity contribution in [2.75, 3.05) is 17.3 Å². The number of nitrogens with one attached hydrogen (secondary N) is 3. The van der Waals surface area contributed by atoms with Crippen molar-refractivity contribution in [2.24, 2.45) is 0 Å². The quantitative estimate of drug-likeness (QED) is 0.394. The van der Waals surface area contributed by atoms with Gasteiger partial charge in [-0.25, -0.2) is 9.97 Å². The Kier molecular flexibility index (Phi) is 5.65. The van der Waals surface area contributed by atoms with E-state index in [0.717, 1.165) is 6.33 Å². The Labute approximate surface area is 158 Å². The topological polar surface area (TPSA) is 144 Å². The number of rotatable bonds is 8. The number of benzene rings is 1. The predicted octanol–water partition coefficient (Wildman–Crippen LogP) is 2.88. The first-order valence-corrected chi connectivity index (χ1v) is 8.17. The summed E-state index contributed by atoms with van der Waals surface area (Å²) in [4.78, 5) is 30.5. The standard InChI is InChI=1S/C17H16N6O5/c1-2-27-12-7-5-11(6-8-12)20-15-14(23(25)26)16(19-10-18-15)21-22-17(24)13-4-3-9-28-13/h3-10H,2H2,1H3,(H,22,24)(H2,18,19,20,21). The highest BCUT2D eigenvalue weighted by molar-refractivity contribution is 5.92. The molecule has 144 valence electrons. The molecule has 0 saturated heterocycles. The first-order valence-electron chi connectivity index (χ1n) is 8.17. The van der Waals surface area contributed by atoms with Crippen molar-refractivity contribution in [3.8, 4) is 5.75 Å². The van der Waals surface area contributed by atoms with E-state index in [0.29, 0.717) is 18.0 Å². The van der Waals surface area contributed by atoms with Crippen molar-refractivity contribution in [1.29, 1.82) is 0 Å². The van der Waals surface area contributed by atoms with Crippen LogP contribution < -0.4 is 20.9 Å². The Morgan fingerprint density at radius 3 is 2.61 bits per heavy atom. The summed E-state index contributed by atoms with van der Waals surface area (Å²) in [6, 6.07) is 9.83. The fourth-order valence-electron chi connectivity index (χ4n) is 2.26. The third-order valence-electron chi connectivity index (χ3n) is 3.47. The molecule has 3 N–H and O–H groups in total. The highest BCUT2D eigenvalue weighted by atomic mass is 16.6. The van der Waals surface area contributed by atoms with Gasteiger partial charge >= 0.3 is 11.6 Å². The summed E-state index contributed by atoms with van der Waals surface area (Å²) in [6.07, 6.45) is 2.46. The smallest absolute Gasteiger partial charge is 0.355 e. The number of hydrazine groups is 1. The lowest BCUT2D eigenvalue weighted by Crippen LogP contribution is -2.30. The van der Waals surface area contributed by atoms with Crippen molar-refractivity contribution in [1.82, 2.24) is 15.4 Å². The van der Waals surface area contributed by atoms with Crippen LogP contribution in [0.3, 0.4) is 0 Å². The predicted molar refractivity (Wildman–Crippen MR) is 99.4 cm³/mol. The van der Waals surface area contributed by atoms with Gasteiger partial charge in [-0.2, -0.15) is 0 Å². The zero-order valence-electron chi connectivity index (χ0n) is 14.7. The molecule has 0 aliphatic rings. The lowest BCUT2D eigenvalue weighted by molar-refractivity contribution is -0.383. The maximum atomic E-state index is 11.9.